The molecular weight excluding hydrogens is 574 g/mol. The lowest BCUT2D eigenvalue weighted by Crippen LogP contribution is -2.32. The number of amides is 2. The van der Waals surface area contributed by atoms with Gasteiger partial charge in [-0.3, -0.25) is 14.5 Å². The van der Waals surface area contributed by atoms with Crippen LogP contribution in [-0.2, 0) is 11.4 Å². The van der Waals surface area contributed by atoms with Gasteiger partial charge in [0.15, 0.2) is 11.5 Å². The van der Waals surface area contributed by atoms with Crippen molar-refractivity contribution in [1.29, 1.82) is 0 Å². The molecule has 1 N–H and O–H groups in total. The molecule has 3 aromatic carbocycles. The van der Waals surface area contributed by atoms with Gasteiger partial charge in [0.1, 0.15) is 19.0 Å². The molecule has 2 amide bonds. The number of hydrogen-bond donors (Lipinski definition) is 1. The Morgan fingerprint density at radius 1 is 1.00 bits per heavy atom. The predicted octanol–water partition coefficient (Wildman–Crippen LogP) is 6.24. The number of ether oxygens (including phenoxy) is 3. The molecule has 4 rings (SSSR count). The van der Waals surface area contributed by atoms with Crippen LogP contribution in [0.3, 0.4) is 0 Å². The molecule has 3 aromatic rings. The van der Waals surface area contributed by atoms with Crippen LogP contribution in [-0.4, -0.2) is 46.9 Å². The second-order valence-corrected chi connectivity index (χ2v) is 9.89. The number of carbonyl (C=O) groups is 3. The van der Waals surface area contributed by atoms with Gasteiger partial charge in [0.05, 0.1) is 23.6 Å². The van der Waals surface area contributed by atoms with Gasteiger partial charge in [0, 0.05) is 4.47 Å². The van der Waals surface area contributed by atoms with Crippen LogP contribution in [0.1, 0.15) is 28.4 Å². The highest BCUT2D eigenvalue weighted by Crippen LogP contribution is 2.38. The first-order valence-corrected chi connectivity index (χ1v) is 13.3. The third kappa shape index (κ3) is 6.76. The smallest absolute Gasteiger partial charge is 0.335 e. The summed E-state index contributed by atoms with van der Waals surface area (Å²) in [4.78, 5) is 37.9. The molecular formula is C28H24BrNO7S. The number of carboxylic acid groups (broad SMARTS) is 1. The summed E-state index contributed by atoms with van der Waals surface area (Å²) in [5.74, 6) is 0.242. The van der Waals surface area contributed by atoms with Gasteiger partial charge in [-0.1, -0.05) is 46.3 Å². The van der Waals surface area contributed by atoms with Crippen molar-refractivity contribution in [3.05, 3.63) is 92.8 Å². The molecule has 1 saturated heterocycles. The number of hydrogen-bond acceptors (Lipinski definition) is 7. The van der Waals surface area contributed by atoms with E-state index in [2.05, 4.69) is 15.9 Å². The highest BCUT2D eigenvalue weighted by Gasteiger charge is 2.35. The first-order valence-electron chi connectivity index (χ1n) is 11.7. The molecule has 1 aliphatic rings. The van der Waals surface area contributed by atoms with Crippen LogP contribution in [0.15, 0.2) is 76.1 Å². The Morgan fingerprint density at radius 2 is 1.71 bits per heavy atom. The molecule has 38 heavy (non-hydrogen) atoms. The SMILES string of the molecule is CCOc1cc(/C=C2\SC(=O)N(CCOc3ccccc3)C2=O)c(Br)cc1OCc1ccc(C(=O)O)cc1. The van der Waals surface area contributed by atoms with Crippen molar-refractivity contribution in [2.24, 2.45) is 0 Å². The van der Waals surface area contributed by atoms with Gasteiger partial charge in [0.2, 0.25) is 0 Å². The van der Waals surface area contributed by atoms with E-state index in [9.17, 15) is 14.4 Å². The van der Waals surface area contributed by atoms with Crippen molar-refractivity contribution in [3.8, 4) is 17.2 Å². The van der Waals surface area contributed by atoms with Crippen molar-refractivity contribution < 1.29 is 33.7 Å². The van der Waals surface area contributed by atoms with E-state index in [4.69, 9.17) is 19.3 Å². The quantitative estimate of drug-likeness (QED) is 0.259. The van der Waals surface area contributed by atoms with Gasteiger partial charge in [-0.2, -0.15) is 0 Å². The molecule has 0 bridgehead atoms. The molecule has 0 atom stereocenters. The highest BCUT2D eigenvalue weighted by molar-refractivity contribution is 9.10. The van der Waals surface area contributed by atoms with Crippen molar-refractivity contribution in [3.63, 3.8) is 0 Å². The van der Waals surface area contributed by atoms with Gasteiger partial charge >= 0.3 is 5.97 Å². The summed E-state index contributed by atoms with van der Waals surface area (Å²) in [6, 6.07) is 19.1. The Balaban J connectivity index is 1.46. The number of halogens is 1. The predicted molar refractivity (Wildman–Crippen MR) is 148 cm³/mol. The van der Waals surface area contributed by atoms with Gasteiger partial charge < -0.3 is 19.3 Å². The molecule has 1 heterocycles. The van der Waals surface area contributed by atoms with E-state index < -0.39 is 5.97 Å². The number of nitrogens with zero attached hydrogens (tertiary/aromatic N) is 1. The minimum absolute atomic E-state index is 0.141. The third-order valence-corrected chi connectivity index (χ3v) is 7.04. The van der Waals surface area contributed by atoms with E-state index in [-0.39, 0.29) is 36.5 Å². The molecule has 0 radical (unpaired) electrons. The van der Waals surface area contributed by atoms with Crippen LogP contribution in [0.5, 0.6) is 17.2 Å². The minimum atomic E-state index is -0.992. The van der Waals surface area contributed by atoms with Crippen molar-refractivity contribution in [2.75, 3.05) is 19.8 Å². The zero-order valence-electron chi connectivity index (χ0n) is 20.4. The summed E-state index contributed by atoms with van der Waals surface area (Å²) in [5.41, 5.74) is 1.64. The Morgan fingerprint density at radius 3 is 2.39 bits per heavy atom. The second-order valence-electron chi connectivity index (χ2n) is 8.04. The lowest BCUT2D eigenvalue weighted by Gasteiger charge is -2.14. The van der Waals surface area contributed by atoms with Gasteiger partial charge in [-0.15, -0.1) is 0 Å². The van der Waals surface area contributed by atoms with Gasteiger partial charge in [-0.25, -0.2) is 4.79 Å². The summed E-state index contributed by atoms with van der Waals surface area (Å²) in [7, 11) is 0. The number of rotatable bonds is 11. The monoisotopic (exact) mass is 597 g/mol. The average molecular weight is 598 g/mol. The van der Waals surface area contributed by atoms with Crippen LogP contribution >= 0.6 is 27.7 Å². The fourth-order valence-electron chi connectivity index (χ4n) is 3.55. The number of imide groups is 1. The number of carboxylic acids is 1. The van der Waals surface area contributed by atoms with Crippen LogP contribution in [0.2, 0.25) is 0 Å². The zero-order valence-corrected chi connectivity index (χ0v) is 22.8. The van der Waals surface area contributed by atoms with Gasteiger partial charge in [0.25, 0.3) is 11.1 Å². The first kappa shape index (κ1) is 27.3. The van der Waals surface area contributed by atoms with Crippen LogP contribution < -0.4 is 14.2 Å². The van der Waals surface area contributed by atoms with E-state index in [0.717, 1.165) is 17.3 Å². The topological polar surface area (TPSA) is 102 Å². The molecule has 0 spiro atoms. The van der Waals surface area contributed by atoms with Crippen molar-refractivity contribution in [1.82, 2.24) is 4.90 Å². The molecule has 10 heteroatoms. The first-order chi connectivity index (χ1) is 18.4. The normalized spacial score (nSPS) is 14.2. The van der Waals surface area contributed by atoms with E-state index in [1.54, 1.807) is 30.3 Å². The number of aromatic carboxylic acids is 1. The highest BCUT2D eigenvalue weighted by atomic mass is 79.9. The van der Waals surface area contributed by atoms with E-state index in [1.165, 1.54) is 17.0 Å². The summed E-state index contributed by atoms with van der Waals surface area (Å²) >= 11 is 4.40. The largest absolute Gasteiger partial charge is 0.492 e. The molecule has 0 aliphatic carbocycles. The van der Waals surface area contributed by atoms with E-state index in [1.807, 2.05) is 37.3 Å². The Hall–Kier alpha value is -3.76. The molecule has 0 saturated carbocycles. The molecule has 1 fully saturated rings. The number of para-hydroxylation sites is 1. The fourth-order valence-corrected chi connectivity index (χ4v) is 4.85. The van der Waals surface area contributed by atoms with Crippen LogP contribution in [0.25, 0.3) is 6.08 Å². The zero-order chi connectivity index (χ0) is 27.1. The summed E-state index contributed by atoms with van der Waals surface area (Å²) in [6.07, 6.45) is 1.64. The standard InChI is InChI=1S/C28H24BrNO7S/c1-2-35-23-14-20(22(29)16-24(23)37-17-18-8-10-19(11-9-18)27(32)33)15-25-26(31)30(28(34)38-25)12-13-36-21-6-4-3-5-7-21/h3-11,14-16H,2,12-13,17H2,1H3,(H,32,33)/b25-15-. The molecule has 0 aromatic heterocycles. The Kier molecular flexibility index (Phi) is 9.09. The summed E-state index contributed by atoms with van der Waals surface area (Å²) < 4.78 is 18.0. The lowest BCUT2D eigenvalue weighted by molar-refractivity contribution is -0.123. The average Bonchev–Trinajstić information content (AvgIpc) is 3.18. The summed E-state index contributed by atoms with van der Waals surface area (Å²) in [6.45, 7) is 2.78. The lowest BCUT2D eigenvalue weighted by atomic mass is 10.1. The van der Waals surface area contributed by atoms with Crippen LogP contribution in [0, 0.1) is 0 Å². The molecule has 8 nitrogen and oxygen atoms in total. The molecule has 0 unspecified atom stereocenters. The maximum Gasteiger partial charge on any atom is 0.335 e. The van der Waals surface area contributed by atoms with Crippen molar-refractivity contribution >= 4 is 50.9 Å². The number of thioether (sulfide) groups is 1. The fraction of sp³-hybridized carbons (Fsp3) is 0.179. The second kappa shape index (κ2) is 12.7. The van der Waals surface area contributed by atoms with Crippen LogP contribution in [0.4, 0.5) is 4.79 Å². The van der Waals surface area contributed by atoms with Crippen molar-refractivity contribution in [2.45, 2.75) is 13.5 Å². The number of carbonyl (C=O) groups excluding carboxylic acids is 2. The maximum absolute atomic E-state index is 12.9. The Labute approximate surface area is 232 Å². The maximum atomic E-state index is 12.9. The van der Waals surface area contributed by atoms with E-state index >= 15 is 0 Å². The van der Waals surface area contributed by atoms with E-state index in [0.29, 0.717) is 38.8 Å². The summed E-state index contributed by atoms with van der Waals surface area (Å²) in [5, 5.41) is 8.70. The number of benzene rings is 3. The van der Waals surface area contributed by atoms with Gasteiger partial charge in [-0.05, 0) is 72.3 Å². The Bertz CT molecular complexity index is 1360. The minimum Gasteiger partial charge on any atom is -0.492 e. The molecule has 1 aliphatic heterocycles. The molecule has 196 valence electrons. The third-order valence-electron chi connectivity index (χ3n) is 5.45.